The smallest absolute Gasteiger partial charge is 0.343 e. The SMILES string of the molecule is O=C(ONOCc1ccccc1)C1CCCCN1. The molecule has 5 heteroatoms. The van der Waals surface area contributed by atoms with Gasteiger partial charge in [-0.3, -0.25) is 4.84 Å². The average molecular weight is 250 g/mol. The van der Waals surface area contributed by atoms with Crippen molar-refractivity contribution in [2.75, 3.05) is 6.54 Å². The molecule has 1 heterocycles. The highest BCUT2D eigenvalue weighted by atomic mass is 16.9. The Kier molecular flexibility index (Phi) is 5.14. The number of piperidine rings is 1. The molecule has 2 rings (SSSR count). The Balaban J connectivity index is 1.61. The van der Waals surface area contributed by atoms with Gasteiger partial charge >= 0.3 is 5.97 Å². The molecule has 1 unspecified atom stereocenters. The quantitative estimate of drug-likeness (QED) is 0.609. The van der Waals surface area contributed by atoms with Crippen molar-refractivity contribution in [1.29, 1.82) is 0 Å². The minimum atomic E-state index is -0.317. The van der Waals surface area contributed by atoms with Gasteiger partial charge in [-0.15, -0.1) is 0 Å². The van der Waals surface area contributed by atoms with E-state index in [0.717, 1.165) is 31.4 Å². The monoisotopic (exact) mass is 250 g/mol. The molecule has 0 bridgehead atoms. The third kappa shape index (κ3) is 4.10. The maximum Gasteiger partial charge on any atom is 0.344 e. The number of rotatable bonds is 5. The summed E-state index contributed by atoms with van der Waals surface area (Å²) in [5, 5.41) is 3.11. The summed E-state index contributed by atoms with van der Waals surface area (Å²) in [6.07, 6.45) is 2.98. The zero-order valence-corrected chi connectivity index (χ0v) is 10.2. The summed E-state index contributed by atoms with van der Waals surface area (Å²) in [4.78, 5) is 21.5. The predicted octanol–water partition coefficient (Wildman–Crippen LogP) is 1.31. The van der Waals surface area contributed by atoms with Crippen LogP contribution in [0.2, 0.25) is 0 Å². The highest BCUT2D eigenvalue weighted by Crippen LogP contribution is 2.07. The molecule has 1 aliphatic heterocycles. The van der Waals surface area contributed by atoms with Crippen LogP contribution in [0.1, 0.15) is 24.8 Å². The average Bonchev–Trinajstić information content (AvgIpc) is 2.45. The normalized spacial score (nSPS) is 19.4. The lowest BCUT2D eigenvalue weighted by Crippen LogP contribution is -2.43. The Morgan fingerprint density at radius 2 is 2.17 bits per heavy atom. The molecule has 0 spiro atoms. The molecule has 0 radical (unpaired) electrons. The molecule has 1 aromatic carbocycles. The molecule has 1 aromatic rings. The highest BCUT2D eigenvalue weighted by Gasteiger charge is 2.22. The zero-order chi connectivity index (χ0) is 12.6. The van der Waals surface area contributed by atoms with Crippen LogP contribution in [0.4, 0.5) is 0 Å². The fraction of sp³-hybridized carbons (Fsp3) is 0.462. The van der Waals surface area contributed by atoms with Gasteiger partial charge in [0.1, 0.15) is 6.04 Å². The minimum Gasteiger partial charge on any atom is -0.343 e. The summed E-state index contributed by atoms with van der Waals surface area (Å²) in [5.74, 6) is -0.317. The van der Waals surface area contributed by atoms with E-state index in [2.05, 4.69) is 11.0 Å². The molecule has 98 valence electrons. The van der Waals surface area contributed by atoms with Crippen LogP contribution in [0.3, 0.4) is 0 Å². The van der Waals surface area contributed by atoms with E-state index in [1.165, 1.54) is 0 Å². The topological polar surface area (TPSA) is 59.6 Å². The molecule has 2 N–H and O–H groups in total. The fourth-order valence-corrected chi connectivity index (χ4v) is 1.88. The number of carbonyl (C=O) groups is 1. The predicted molar refractivity (Wildman–Crippen MR) is 66.1 cm³/mol. The van der Waals surface area contributed by atoms with Gasteiger partial charge in [0.15, 0.2) is 0 Å². The lowest BCUT2D eigenvalue weighted by atomic mass is 10.1. The molecule has 1 aliphatic rings. The second-order valence-corrected chi connectivity index (χ2v) is 4.28. The first kappa shape index (κ1) is 13.0. The fourth-order valence-electron chi connectivity index (χ4n) is 1.88. The van der Waals surface area contributed by atoms with Crippen molar-refractivity contribution in [3.63, 3.8) is 0 Å². The van der Waals surface area contributed by atoms with E-state index < -0.39 is 0 Å². The molecule has 1 saturated heterocycles. The summed E-state index contributed by atoms with van der Waals surface area (Å²) in [6.45, 7) is 1.22. The Labute approximate surface area is 106 Å². The van der Waals surface area contributed by atoms with E-state index in [-0.39, 0.29) is 12.0 Å². The first-order chi connectivity index (χ1) is 8.86. The van der Waals surface area contributed by atoms with E-state index in [1.807, 2.05) is 30.3 Å². The maximum absolute atomic E-state index is 11.6. The number of hydrogen-bond acceptors (Lipinski definition) is 5. The second kappa shape index (κ2) is 7.10. The van der Waals surface area contributed by atoms with Crippen LogP contribution in [-0.2, 0) is 21.1 Å². The largest absolute Gasteiger partial charge is 0.344 e. The minimum absolute atomic E-state index is 0.216. The van der Waals surface area contributed by atoms with Crippen molar-refractivity contribution in [2.45, 2.75) is 31.9 Å². The van der Waals surface area contributed by atoms with Crippen LogP contribution in [0.15, 0.2) is 30.3 Å². The number of benzene rings is 1. The Morgan fingerprint density at radius 1 is 1.33 bits per heavy atom. The van der Waals surface area contributed by atoms with Gasteiger partial charge in [0.2, 0.25) is 0 Å². The Bertz CT molecular complexity index is 364. The highest BCUT2D eigenvalue weighted by molar-refractivity contribution is 5.75. The standard InChI is InChI=1S/C13H18N2O3/c16-13(12-8-4-5-9-14-12)18-15-17-10-11-6-2-1-3-7-11/h1-3,6-7,12,14-15H,4-5,8-10H2. The number of nitrogens with one attached hydrogen (secondary N) is 2. The van der Waals surface area contributed by atoms with Crippen LogP contribution < -0.4 is 11.0 Å². The molecule has 1 atom stereocenters. The van der Waals surface area contributed by atoms with Crippen LogP contribution in [0.25, 0.3) is 0 Å². The molecule has 0 aliphatic carbocycles. The van der Waals surface area contributed by atoms with Crippen LogP contribution in [0, 0.1) is 0 Å². The summed E-state index contributed by atoms with van der Waals surface area (Å²) < 4.78 is 0. The molecule has 18 heavy (non-hydrogen) atoms. The van der Waals surface area contributed by atoms with Crippen molar-refractivity contribution in [1.82, 2.24) is 11.0 Å². The van der Waals surface area contributed by atoms with E-state index in [4.69, 9.17) is 9.68 Å². The molecule has 0 saturated carbocycles. The number of hydrogen-bond donors (Lipinski definition) is 2. The van der Waals surface area contributed by atoms with Gasteiger partial charge in [-0.25, -0.2) is 4.79 Å². The first-order valence-corrected chi connectivity index (χ1v) is 6.21. The van der Waals surface area contributed by atoms with Crippen molar-refractivity contribution in [3.8, 4) is 0 Å². The van der Waals surface area contributed by atoms with Gasteiger partial charge in [0.25, 0.3) is 0 Å². The third-order valence-corrected chi connectivity index (χ3v) is 2.88. The molecular weight excluding hydrogens is 232 g/mol. The molecule has 0 aromatic heterocycles. The van der Waals surface area contributed by atoms with Gasteiger partial charge < -0.3 is 10.2 Å². The van der Waals surface area contributed by atoms with Crippen molar-refractivity contribution in [3.05, 3.63) is 35.9 Å². The van der Waals surface area contributed by atoms with Crippen molar-refractivity contribution in [2.24, 2.45) is 0 Å². The van der Waals surface area contributed by atoms with E-state index in [9.17, 15) is 4.79 Å². The van der Waals surface area contributed by atoms with Crippen LogP contribution in [-0.4, -0.2) is 18.6 Å². The van der Waals surface area contributed by atoms with Gasteiger partial charge in [-0.1, -0.05) is 36.8 Å². The molecular formula is C13H18N2O3. The van der Waals surface area contributed by atoms with Gasteiger partial charge in [0.05, 0.1) is 6.61 Å². The van der Waals surface area contributed by atoms with Crippen LogP contribution in [0.5, 0.6) is 0 Å². The maximum atomic E-state index is 11.6. The van der Waals surface area contributed by atoms with Gasteiger partial charge in [-0.2, -0.15) is 0 Å². The van der Waals surface area contributed by atoms with Crippen LogP contribution >= 0.6 is 0 Å². The summed E-state index contributed by atoms with van der Waals surface area (Å²) in [7, 11) is 0. The Hall–Kier alpha value is -1.43. The summed E-state index contributed by atoms with van der Waals surface area (Å²) in [6, 6.07) is 9.45. The lowest BCUT2D eigenvalue weighted by Gasteiger charge is -2.21. The first-order valence-electron chi connectivity index (χ1n) is 6.21. The van der Waals surface area contributed by atoms with E-state index >= 15 is 0 Å². The molecule has 0 amide bonds. The number of carbonyl (C=O) groups excluding carboxylic acids is 1. The molecule has 5 nitrogen and oxygen atoms in total. The molecule has 1 fully saturated rings. The van der Waals surface area contributed by atoms with Crippen molar-refractivity contribution >= 4 is 5.97 Å². The van der Waals surface area contributed by atoms with Crippen molar-refractivity contribution < 1.29 is 14.5 Å². The summed E-state index contributed by atoms with van der Waals surface area (Å²) in [5.41, 5.74) is 3.25. The summed E-state index contributed by atoms with van der Waals surface area (Å²) >= 11 is 0. The Morgan fingerprint density at radius 3 is 2.89 bits per heavy atom. The third-order valence-electron chi connectivity index (χ3n) is 2.88. The zero-order valence-electron chi connectivity index (χ0n) is 10.2. The van der Waals surface area contributed by atoms with Gasteiger partial charge in [0, 0.05) is 0 Å². The second-order valence-electron chi connectivity index (χ2n) is 4.28. The van der Waals surface area contributed by atoms with E-state index in [0.29, 0.717) is 6.61 Å². The van der Waals surface area contributed by atoms with E-state index in [1.54, 1.807) is 0 Å². The lowest BCUT2D eigenvalue weighted by molar-refractivity contribution is -0.198. The van der Waals surface area contributed by atoms with Gasteiger partial charge in [-0.05, 0) is 30.6 Å².